The summed E-state index contributed by atoms with van der Waals surface area (Å²) in [5, 5.41) is 7.22. The number of aliphatic imine (C=N–C) groups is 1. The number of hydrogen-bond donors (Lipinski definition) is 5. The van der Waals surface area contributed by atoms with Crippen LogP contribution in [0, 0.1) is 5.41 Å². The minimum absolute atomic E-state index is 0.0852. The molecule has 0 saturated heterocycles. The summed E-state index contributed by atoms with van der Waals surface area (Å²) in [6, 6.07) is -0.916. The number of halogens is 1. The van der Waals surface area contributed by atoms with Crippen molar-refractivity contribution in [2.75, 3.05) is 0 Å². The molecule has 1 unspecified atom stereocenters. The number of carbonyl (C=O) groups excluding carboxylic acids is 1. The third kappa shape index (κ3) is 1.79. The van der Waals surface area contributed by atoms with Crippen LogP contribution in [0.3, 0.4) is 0 Å². The molecule has 1 rings (SSSR count). The monoisotopic (exact) mass is 231 g/mol. The molecule has 0 radical (unpaired) electrons. The molecular weight excluding hydrogens is 222 g/mol. The number of amides is 2. The second-order valence-corrected chi connectivity index (χ2v) is 3.14. The van der Waals surface area contributed by atoms with Crippen LogP contribution in [0.5, 0.6) is 0 Å². The Kier molecular flexibility index (Phi) is 2.71. The number of carbonyl (C=O) groups is 1. The van der Waals surface area contributed by atoms with Crippen LogP contribution in [0.1, 0.15) is 0 Å². The lowest BCUT2D eigenvalue weighted by molar-refractivity contribution is 0.223. The van der Waals surface area contributed by atoms with Gasteiger partial charge in [-0.3, -0.25) is 10.3 Å². The molecule has 1 aliphatic rings. The SMILES string of the molecule is N=C(N)C1=C(N)N=C(N)C(Cl)N1C(N)=O. The van der Waals surface area contributed by atoms with Gasteiger partial charge in [-0.2, -0.15) is 0 Å². The number of amidine groups is 2. The predicted octanol–water partition coefficient (Wildman–Crippen LogP) is -1.63. The maximum atomic E-state index is 11.1. The van der Waals surface area contributed by atoms with Gasteiger partial charge in [-0.15, -0.1) is 0 Å². The molecule has 0 bridgehead atoms. The van der Waals surface area contributed by atoms with Crippen molar-refractivity contribution in [3.63, 3.8) is 0 Å². The van der Waals surface area contributed by atoms with Crippen LogP contribution in [0.25, 0.3) is 0 Å². The molecule has 0 aromatic carbocycles. The van der Waals surface area contributed by atoms with Gasteiger partial charge in [0.05, 0.1) is 0 Å². The first kappa shape index (κ1) is 11.1. The average molecular weight is 232 g/mol. The van der Waals surface area contributed by atoms with Gasteiger partial charge >= 0.3 is 6.03 Å². The molecule has 15 heavy (non-hydrogen) atoms. The van der Waals surface area contributed by atoms with E-state index in [4.69, 9.17) is 39.9 Å². The van der Waals surface area contributed by atoms with Gasteiger partial charge in [0.1, 0.15) is 17.4 Å². The van der Waals surface area contributed by atoms with Gasteiger partial charge in [0.2, 0.25) is 0 Å². The molecule has 1 atom stereocenters. The lowest BCUT2D eigenvalue weighted by Crippen LogP contribution is -2.52. The molecule has 0 fully saturated rings. The highest BCUT2D eigenvalue weighted by atomic mass is 35.5. The molecule has 1 aliphatic heterocycles. The molecule has 1 heterocycles. The fourth-order valence-corrected chi connectivity index (χ4v) is 1.35. The Bertz CT molecular complexity index is 387. The first-order chi connectivity index (χ1) is 6.86. The van der Waals surface area contributed by atoms with Gasteiger partial charge in [-0.25, -0.2) is 9.79 Å². The number of hydrogen-bond acceptors (Lipinski definition) is 5. The molecular formula is C6H10ClN7O. The van der Waals surface area contributed by atoms with Crippen molar-refractivity contribution < 1.29 is 4.79 Å². The topological polar surface area (TPSA) is 161 Å². The zero-order chi connectivity index (χ0) is 11.7. The highest BCUT2D eigenvalue weighted by Gasteiger charge is 2.33. The number of rotatable bonds is 1. The Morgan fingerprint density at radius 1 is 1.47 bits per heavy atom. The summed E-state index contributed by atoms with van der Waals surface area (Å²) >= 11 is 5.76. The molecule has 8 nitrogen and oxygen atoms in total. The van der Waals surface area contributed by atoms with E-state index in [1.807, 2.05) is 0 Å². The van der Waals surface area contributed by atoms with Gasteiger partial charge in [0.25, 0.3) is 0 Å². The van der Waals surface area contributed by atoms with Crippen LogP contribution >= 0.6 is 11.6 Å². The van der Waals surface area contributed by atoms with E-state index >= 15 is 0 Å². The number of primary amides is 1. The minimum atomic E-state index is -1.09. The van der Waals surface area contributed by atoms with Crippen molar-refractivity contribution in [3.05, 3.63) is 11.5 Å². The standard InChI is InChI=1S/C6H10ClN7O/c7-2-5(11)13-4(10)1(3(8)9)14(2)6(12)15/h2H,10H2,(H3,8,9)(H2,11,13)(H2,12,15). The summed E-state index contributed by atoms with van der Waals surface area (Å²) in [6.07, 6.45) is 0. The maximum absolute atomic E-state index is 11.1. The zero-order valence-corrected chi connectivity index (χ0v) is 8.32. The van der Waals surface area contributed by atoms with E-state index in [0.29, 0.717) is 0 Å². The molecule has 0 aromatic rings. The van der Waals surface area contributed by atoms with Crippen molar-refractivity contribution in [2.24, 2.45) is 27.9 Å². The molecule has 0 saturated carbocycles. The number of nitrogens with zero attached hydrogens (tertiary/aromatic N) is 2. The van der Waals surface area contributed by atoms with Crippen LogP contribution in [-0.2, 0) is 0 Å². The van der Waals surface area contributed by atoms with Crippen molar-refractivity contribution in [2.45, 2.75) is 5.50 Å². The normalized spacial score (nSPS) is 21.3. The molecule has 0 aromatic heterocycles. The van der Waals surface area contributed by atoms with Crippen molar-refractivity contribution in [3.8, 4) is 0 Å². The Balaban J connectivity index is 3.31. The summed E-state index contributed by atoms with van der Waals surface area (Å²) in [4.78, 5) is 15.5. The van der Waals surface area contributed by atoms with E-state index in [2.05, 4.69) is 4.99 Å². The fourth-order valence-electron chi connectivity index (χ4n) is 1.10. The summed E-state index contributed by atoms with van der Waals surface area (Å²) in [6.45, 7) is 0. The molecule has 82 valence electrons. The summed E-state index contributed by atoms with van der Waals surface area (Å²) in [7, 11) is 0. The second kappa shape index (κ2) is 3.65. The summed E-state index contributed by atoms with van der Waals surface area (Å²) in [5.74, 6) is -0.720. The smallest absolute Gasteiger partial charge is 0.321 e. The molecule has 0 spiro atoms. The first-order valence-electron chi connectivity index (χ1n) is 3.77. The van der Waals surface area contributed by atoms with Gasteiger partial charge in [0.15, 0.2) is 11.3 Å². The maximum Gasteiger partial charge on any atom is 0.321 e. The van der Waals surface area contributed by atoms with Gasteiger partial charge in [0, 0.05) is 0 Å². The molecule has 0 aliphatic carbocycles. The van der Waals surface area contributed by atoms with Crippen LogP contribution in [-0.4, -0.2) is 28.1 Å². The van der Waals surface area contributed by atoms with Crippen LogP contribution in [0.15, 0.2) is 16.5 Å². The van der Waals surface area contributed by atoms with Gasteiger partial charge in [-0.05, 0) is 0 Å². The van der Waals surface area contributed by atoms with Crippen LogP contribution < -0.4 is 22.9 Å². The van der Waals surface area contributed by atoms with E-state index in [-0.39, 0.29) is 17.4 Å². The third-order valence-electron chi connectivity index (χ3n) is 1.70. The zero-order valence-electron chi connectivity index (χ0n) is 7.57. The summed E-state index contributed by atoms with van der Waals surface area (Å²) < 4.78 is 0. The first-order valence-corrected chi connectivity index (χ1v) is 4.20. The number of nitrogens with one attached hydrogen (secondary N) is 1. The predicted molar refractivity (Wildman–Crippen MR) is 55.8 cm³/mol. The lowest BCUT2D eigenvalue weighted by atomic mass is 10.3. The Hall–Kier alpha value is -1.96. The molecule has 9 heteroatoms. The van der Waals surface area contributed by atoms with E-state index in [9.17, 15) is 4.79 Å². The van der Waals surface area contributed by atoms with Gasteiger partial charge < -0.3 is 22.9 Å². The fraction of sp³-hybridized carbons (Fsp3) is 0.167. The largest absolute Gasteiger partial charge is 0.384 e. The van der Waals surface area contributed by atoms with Crippen LogP contribution in [0.2, 0.25) is 0 Å². The van der Waals surface area contributed by atoms with Crippen LogP contribution in [0.4, 0.5) is 4.79 Å². The summed E-state index contributed by atoms with van der Waals surface area (Å²) in [5.41, 5.74) is 19.9. The van der Waals surface area contributed by atoms with Crippen molar-refractivity contribution in [1.29, 1.82) is 5.41 Å². The van der Waals surface area contributed by atoms with Gasteiger partial charge in [-0.1, -0.05) is 11.6 Å². The van der Waals surface area contributed by atoms with E-state index in [1.165, 1.54) is 0 Å². The lowest BCUT2D eigenvalue weighted by Gasteiger charge is -2.30. The molecule has 9 N–H and O–H groups in total. The Morgan fingerprint density at radius 2 is 2.00 bits per heavy atom. The van der Waals surface area contributed by atoms with E-state index < -0.39 is 17.4 Å². The quantitative estimate of drug-likeness (QED) is 0.159. The van der Waals surface area contributed by atoms with E-state index in [0.717, 1.165) is 4.90 Å². The highest BCUT2D eigenvalue weighted by molar-refractivity contribution is 6.33. The van der Waals surface area contributed by atoms with Crippen molar-refractivity contribution >= 4 is 29.3 Å². The highest BCUT2D eigenvalue weighted by Crippen LogP contribution is 2.20. The molecule has 2 amide bonds. The van der Waals surface area contributed by atoms with Crippen molar-refractivity contribution in [1.82, 2.24) is 4.90 Å². The number of nitrogens with two attached hydrogens (primary N) is 4. The Morgan fingerprint density at radius 3 is 2.40 bits per heavy atom. The number of urea groups is 1. The Labute approximate surface area is 90.0 Å². The third-order valence-corrected chi connectivity index (χ3v) is 2.12. The average Bonchev–Trinajstić information content (AvgIpc) is 2.09. The van der Waals surface area contributed by atoms with E-state index in [1.54, 1.807) is 0 Å². The minimum Gasteiger partial charge on any atom is -0.384 e. The second-order valence-electron chi connectivity index (χ2n) is 2.73. The number of alkyl halides is 1.